The number of hydrogen-bond acceptors (Lipinski definition) is 3. The van der Waals surface area contributed by atoms with E-state index in [-0.39, 0.29) is 5.54 Å². The third-order valence-corrected chi connectivity index (χ3v) is 2.41. The van der Waals surface area contributed by atoms with Crippen molar-refractivity contribution in [2.75, 3.05) is 13.2 Å². The summed E-state index contributed by atoms with van der Waals surface area (Å²) in [5.74, 6) is 0.592. The molecular formula is C14H27N3O. The second-order valence-electron chi connectivity index (χ2n) is 6.14. The molecule has 0 aliphatic carbocycles. The lowest BCUT2D eigenvalue weighted by atomic mass is 10.1. The van der Waals surface area contributed by atoms with Crippen molar-refractivity contribution >= 4 is 0 Å². The zero-order valence-electron chi connectivity index (χ0n) is 12.4. The maximum absolute atomic E-state index is 5.55. The standard InChI is InChI=1S/C14H27N3O/c1-12(2)11-18-9-8-17-7-6-13(16-17)10-15-14(3,4)5/h6-7,12,15H,8-11H2,1-5H3. The molecule has 104 valence electrons. The molecule has 1 heterocycles. The third-order valence-electron chi connectivity index (χ3n) is 2.41. The summed E-state index contributed by atoms with van der Waals surface area (Å²) in [4.78, 5) is 0. The van der Waals surface area contributed by atoms with Gasteiger partial charge in [0, 0.05) is 24.9 Å². The summed E-state index contributed by atoms with van der Waals surface area (Å²) in [6, 6.07) is 2.06. The first kappa shape index (κ1) is 15.2. The van der Waals surface area contributed by atoms with Crippen LogP contribution in [0.25, 0.3) is 0 Å². The highest BCUT2D eigenvalue weighted by atomic mass is 16.5. The zero-order chi connectivity index (χ0) is 13.6. The highest BCUT2D eigenvalue weighted by molar-refractivity contribution is 4.99. The van der Waals surface area contributed by atoms with Crippen LogP contribution in [0.1, 0.15) is 40.3 Å². The molecule has 18 heavy (non-hydrogen) atoms. The Bertz CT molecular complexity index is 339. The molecule has 0 spiro atoms. The zero-order valence-corrected chi connectivity index (χ0v) is 12.4. The maximum atomic E-state index is 5.55. The van der Waals surface area contributed by atoms with Crippen molar-refractivity contribution in [3.05, 3.63) is 18.0 Å². The molecule has 0 aromatic carbocycles. The van der Waals surface area contributed by atoms with Crippen molar-refractivity contribution in [3.8, 4) is 0 Å². The molecule has 0 bridgehead atoms. The summed E-state index contributed by atoms with van der Waals surface area (Å²) >= 11 is 0. The summed E-state index contributed by atoms with van der Waals surface area (Å²) in [7, 11) is 0. The summed E-state index contributed by atoms with van der Waals surface area (Å²) in [5.41, 5.74) is 1.21. The van der Waals surface area contributed by atoms with Gasteiger partial charge in [-0.25, -0.2) is 0 Å². The highest BCUT2D eigenvalue weighted by Crippen LogP contribution is 2.02. The SMILES string of the molecule is CC(C)COCCn1ccc(CNC(C)(C)C)n1. The Morgan fingerprint density at radius 3 is 2.72 bits per heavy atom. The van der Waals surface area contributed by atoms with Gasteiger partial charge < -0.3 is 10.1 Å². The van der Waals surface area contributed by atoms with E-state index in [0.717, 1.165) is 32.0 Å². The fourth-order valence-corrected chi connectivity index (χ4v) is 1.46. The molecule has 0 amide bonds. The second-order valence-corrected chi connectivity index (χ2v) is 6.14. The molecule has 1 aromatic rings. The van der Waals surface area contributed by atoms with Crippen LogP contribution in [0.3, 0.4) is 0 Å². The van der Waals surface area contributed by atoms with Crippen LogP contribution < -0.4 is 5.32 Å². The van der Waals surface area contributed by atoms with Crippen LogP contribution in [0.2, 0.25) is 0 Å². The predicted octanol–water partition coefficient (Wildman–Crippen LogP) is 2.44. The first-order valence-corrected chi connectivity index (χ1v) is 6.72. The van der Waals surface area contributed by atoms with Crippen LogP contribution in [0.15, 0.2) is 12.3 Å². The minimum absolute atomic E-state index is 0.129. The van der Waals surface area contributed by atoms with Gasteiger partial charge in [0.2, 0.25) is 0 Å². The molecule has 4 nitrogen and oxygen atoms in total. The average Bonchev–Trinajstić information content (AvgIpc) is 2.68. The first-order valence-electron chi connectivity index (χ1n) is 6.72. The van der Waals surface area contributed by atoms with Gasteiger partial charge in [0.25, 0.3) is 0 Å². The van der Waals surface area contributed by atoms with Crippen LogP contribution in [0.5, 0.6) is 0 Å². The van der Waals surface area contributed by atoms with Gasteiger partial charge in [0.15, 0.2) is 0 Å². The van der Waals surface area contributed by atoms with E-state index in [0.29, 0.717) is 5.92 Å². The molecule has 1 aromatic heterocycles. The molecule has 0 saturated carbocycles. The lowest BCUT2D eigenvalue weighted by Gasteiger charge is -2.19. The highest BCUT2D eigenvalue weighted by Gasteiger charge is 2.09. The fraction of sp³-hybridized carbons (Fsp3) is 0.786. The largest absolute Gasteiger partial charge is 0.379 e. The number of nitrogens with zero attached hydrogens (tertiary/aromatic N) is 2. The molecular weight excluding hydrogens is 226 g/mol. The molecule has 1 rings (SSSR count). The Balaban J connectivity index is 2.26. The van der Waals surface area contributed by atoms with E-state index in [9.17, 15) is 0 Å². The van der Waals surface area contributed by atoms with Crippen molar-refractivity contribution in [1.29, 1.82) is 0 Å². The van der Waals surface area contributed by atoms with E-state index in [2.05, 4.69) is 51.1 Å². The van der Waals surface area contributed by atoms with E-state index in [1.807, 2.05) is 10.9 Å². The van der Waals surface area contributed by atoms with Crippen molar-refractivity contribution in [2.45, 2.75) is 53.2 Å². The number of hydrogen-bond donors (Lipinski definition) is 1. The number of aromatic nitrogens is 2. The van der Waals surface area contributed by atoms with Crippen molar-refractivity contribution < 1.29 is 4.74 Å². The van der Waals surface area contributed by atoms with Crippen LogP contribution in [0, 0.1) is 5.92 Å². The van der Waals surface area contributed by atoms with Gasteiger partial charge >= 0.3 is 0 Å². The van der Waals surface area contributed by atoms with Gasteiger partial charge in [-0.3, -0.25) is 4.68 Å². The average molecular weight is 253 g/mol. The molecule has 0 unspecified atom stereocenters. The second kappa shape index (κ2) is 6.90. The first-order chi connectivity index (χ1) is 8.37. The lowest BCUT2D eigenvalue weighted by molar-refractivity contribution is 0.101. The van der Waals surface area contributed by atoms with Gasteiger partial charge in [-0.05, 0) is 32.8 Å². The van der Waals surface area contributed by atoms with E-state index >= 15 is 0 Å². The molecule has 0 saturated heterocycles. The molecule has 4 heteroatoms. The number of nitrogens with one attached hydrogen (secondary N) is 1. The van der Waals surface area contributed by atoms with Gasteiger partial charge in [0.1, 0.15) is 0 Å². The monoisotopic (exact) mass is 253 g/mol. The van der Waals surface area contributed by atoms with Crippen LogP contribution in [0.4, 0.5) is 0 Å². The smallest absolute Gasteiger partial charge is 0.0762 e. The van der Waals surface area contributed by atoms with Crippen LogP contribution in [-0.4, -0.2) is 28.5 Å². The molecule has 1 N–H and O–H groups in total. The third kappa shape index (κ3) is 6.77. The van der Waals surface area contributed by atoms with Gasteiger partial charge in [-0.2, -0.15) is 5.10 Å². The van der Waals surface area contributed by atoms with Gasteiger partial charge in [-0.15, -0.1) is 0 Å². The van der Waals surface area contributed by atoms with Crippen molar-refractivity contribution in [1.82, 2.24) is 15.1 Å². The lowest BCUT2D eigenvalue weighted by Crippen LogP contribution is -2.35. The molecule has 0 fully saturated rings. The minimum Gasteiger partial charge on any atom is -0.379 e. The number of rotatable bonds is 7. The number of ether oxygens (including phenoxy) is 1. The topological polar surface area (TPSA) is 39.1 Å². The Hall–Kier alpha value is -0.870. The molecule has 0 radical (unpaired) electrons. The summed E-state index contributed by atoms with van der Waals surface area (Å²) in [5, 5.41) is 7.93. The molecule has 0 aliphatic rings. The fourth-order valence-electron chi connectivity index (χ4n) is 1.46. The summed E-state index contributed by atoms with van der Waals surface area (Å²) in [6.07, 6.45) is 2.01. The Morgan fingerprint density at radius 1 is 1.39 bits per heavy atom. The van der Waals surface area contributed by atoms with Crippen molar-refractivity contribution in [2.24, 2.45) is 5.92 Å². The maximum Gasteiger partial charge on any atom is 0.0762 e. The molecule has 0 aliphatic heterocycles. The normalized spacial score (nSPS) is 12.3. The van der Waals surface area contributed by atoms with E-state index in [4.69, 9.17) is 4.74 Å². The van der Waals surface area contributed by atoms with Crippen LogP contribution in [-0.2, 0) is 17.8 Å². The summed E-state index contributed by atoms with van der Waals surface area (Å²) in [6.45, 7) is 14.0. The van der Waals surface area contributed by atoms with E-state index in [1.54, 1.807) is 0 Å². The van der Waals surface area contributed by atoms with Gasteiger partial charge in [0.05, 0.1) is 18.8 Å². The molecule has 0 atom stereocenters. The predicted molar refractivity (Wildman–Crippen MR) is 74.5 cm³/mol. The van der Waals surface area contributed by atoms with E-state index < -0.39 is 0 Å². The van der Waals surface area contributed by atoms with E-state index in [1.165, 1.54) is 0 Å². The Kier molecular flexibility index (Phi) is 5.82. The van der Waals surface area contributed by atoms with Gasteiger partial charge in [-0.1, -0.05) is 13.8 Å². The minimum atomic E-state index is 0.129. The van der Waals surface area contributed by atoms with Crippen molar-refractivity contribution in [3.63, 3.8) is 0 Å². The van der Waals surface area contributed by atoms with Crippen LogP contribution >= 0.6 is 0 Å². The Morgan fingerprint density at radius 2 is 2.11 bits per heavy atom. The summed E-state index contributed by atoms with van der Waals surface area (Å²) < 4.78 is 7.49. The quantitative estimate of drug-likeness (QED) is 0.759. The Labute approximate surface area is 111 Å².